The van der Waals surface area contributed by atoms with Crippen LogP contribution in [0.2, 0.25) is 0 Å². The van der Waals surface area contributed by atoms with Gasteiger partial charge in [0.1, 0.15) is 5.69 Å². The Morgan fingerprint density at radius 3 is 2.82 bits per heavy atom. The van der Waals surface area contributed by atoms with Crippen LogP contribution >= 0.6 is 11.3 Å². The van der Waals surface area contributed by atoms with Gasteiger partial charge in [-0.15, -0.1) is 11.3 Å². The highest BCUT2D eigenvalue weighted by Crippen LogP contribution is 2.26. The predicted molar refractivity (Wildman–Crippen MR) is 113 cm³/mol. The zero-order chi connectivity index (χ0) is 19.5. The molecule has 2 aromatic heterocycles. The van der Waals surface area contributed by atoms with Gasteiger partial charge in [-0.3, -0.25) is 9.59 Å². The summed E-state index contributed by atoms with van der Waals surface area (Å²) in [5, 5.41) is 5.09. The van der Waals surface area contributed by atoms with Crippen LogP contribution in [0.5, 0.6) is 0 Å². The van der Waals surface area contributed by atoms with Crippen molar-refractivity contribution in [2.24, 2.45) is 13.0 Å². The average molecular weight is 396 g/mol. The molecule has 28 heavy (non-hydrogen) atoms. The van der Waals surface area contributed by atoms with E-state index in [9.17, 15) is 9.59 Å². The van der Waals surface area contributed by atoms with E-state index < -0.39 is 0 Å². The number of hydrogen-bond acceptors (Lipinski definition) is 3. The summed E-state index contributed by atoms with van der Waals surface area (Å²) in [6.45, 7) is 1.83. The van der Waals surface area contributed by atoms with Gasteiger partial charge in [-0.25, -0.2) is 0 Å². The molecule has 6 heteroatoms. The van der Waals surface area contributed by atoms with Gasteiger partial charge in [-0.1, -0.05) is 30.3 Å². The number of carbonyl (C=O) groups is 2. The lowest BCUT2D eigenvalue weighted by Crippen LogP contribution is -2.46. The van der Waals surface area contributed by atoms with E-state index in [1.54, 1.807) is 11.3 Å². The highest BCUT2D eigenvalue weighted by molar-refractivity contribution is 7.17. The Morgan fingerprint density at radius 1 is 1.21 bits per heavy atom. The van der Waals surface area contributed by atoms with Gasteiger partial charge in [0.25, 0.3) is 5.91 Å². The summed E-state index contributed by atoms with van der Waals surface area (Å²) in [6.07, 6.45) is 2.52. The van der Waals surface area contributed by atoms with Crippen LogP contribution in [0.15, 0.2) is 47.8 Å². The standard InChI is InChI=1S/C22H25N3O2S/c1-24-18-10-13-28-20(18)14-19(24)22(27)25-12-5-8-17(15-25)21(26)23-11-9-16-6-3-2-4-7-16/h2-4,6-7,10,13-14,17H,5,8-9,11-12,15H2,1H3,(H,23,26). The van der Waals surface area contributed by atoms with Crippen LogP contribution in [0.3, 0.4) is 0 Å². The van der Waals surface area contributed by atoms with E-state index in [0.717, 1.165) is 29.5 Å². The molecule has 3 heterocycles. The van der Waals surface area contributed by atoms with Crippen LogP contribution < -0.4 is 5.32 Å². The SMILES string of the molecule is Cn1c(C(=O)N2CCCC(C(=O)NCCc3ccccc3)C2)cc2sccc21. The number of hydrogen-bond donors (Lipinski definition) is 1. The first-order valence-corrected chi connectivity index (χ1v) is 10.7. The number of thiophene rings is 1. The van der Waals surface area contributed by atoms with Crippen LogP contribution in [0.25, 0.3) is 10.2 Å². The summed E-state index contributed by atoms with van der Waals surface area (Å²) >= 11 is 1.64. The lowest BCUT2D eigenvalue weighted by Gasteiger charge is -2.32. The van der Waals surface area contributed by atoms with Gasteiger partial charge in [0.15, 0.2) is 0 Å². The summed E-state index contributed by atoms with van der Waals surface area (Å²) in [7, 11) is 1.93. The molecule has 0 aliphatic carbocycles. The molecule has 2 amide bonds. The zero-order valence-electron chi connectivity index (χ0n) is 16.1. The third-order valence-electron chi connectivity index (χ3n) is 5.52. The second-order valence-corrected chi connectivity index (χ2v) is 8.32. The first-order chi connectivity index (χ1) is 13.6. The fraction of sp³-hybridized carbons (Fsp3) is 0.364. The van der Waals surface area contributed by atoms with Crippen LogP contribution in [-0.2, 0) is 18.3 Å². The van der Waals surface area contributed by atoms with Crippen molar-refractivity contribution in [3.8, 4) is 0 Å². The molecular weight excluding hydrogens is 370 g/mol. The van der Waals surface area contributed by atoms with Crippen molar-refractivity contribution in [2.45, 2.75) is 19.3 Å². The van der Waals surface area contributed by atoms with Gasteiger partial charge in [0.05, 0.1) is 16.1 Å². The monoisotopic (exact) mass is 395 g/mol. The van der Waals surface area contributed by atoms with Crippen LogP contribution in [-0.4, -0.2) is 40.9 Å². The lowest BCUT2D eigenvalue weighted by atomic mass is 9.96. The molecular formula is C22H25N3O2S. The molecule has 1 aromatic carbocycles. The Hall–Kier alpha value is -2.60. The molecule has 0 spiro atoms. The molecule has 1 fully saturated rings. The number of piperidine rings is 1. The normalized spacial score (nSPS) is 17.0. The number of aromatic nitrogens is 1. The summed E-state index contributed by atoms with van der Waals surface area (Å²) < 4.78 is 3.08. The van der Waals surface area contributed by atoms with E-state index in [1.165, 1.54) is 5.56 Å². The Balaban J connectivity index is 1.35. The predicted octanol–water partition coefficient (Wildman–Crippen LogP) is 3.45. The minimum atomic E-state index is -0.130. The van der Waals surface area contributed by atoms with Crippen molar-refractivity contribution in [3.63, 3.8) is 0 Å². The first-order valence-electron chi connectivity index (χ1n) is 9.77. The lowest BCUT2D eigenvalue weighted by molar-refractivity contribution is -0.126. The summed E-state index contributed by atoms with van der Waals surface area (Å²) in [6, 6.07) is 14.1. The second kappa shape index (κ2) is 8.19. The molecule has 0 bridgehead atoms. The minimum Gasteiger partial charge on any atom is -0.355 e. The largest absolute Gasteiger partial charge is 0.355 e. The van der Waals surface area contributed by atoms with Crippen molar-refractivity contribution >= 4 is 33.4 Å². The van der Waals surface area contributed by atoms with E-state index >= 15 is 0 Å². The van der Waals surface area contributed by atoms with E-state index in [-0.39, 0.29) is 17.7 Å². The average Bonchev–Trinajstić information content (AvgIpc) is 3.31. The van der Waals surface area contributed by atoms with Crippen molar-refractivity contribution in [1.29, 1.82) is 0 Å². The third kappa shape index (κ3) is 3.83. The number of carbonyl (C=O) groups excluding carboxylic acids is 2. The van der Waals surface area contributed by atoms with Crippen LogP contribution in [0.1, 0.15) is 28.9 Å². The topological polar surface area (TPSA) is 54.3 Å². The number of benzene rings is 1. The maximum Gasteiger partial charge on any atom is 0.270 e. The van der Waals surface area contributed by atoms with Gasteiger partial charge < -0.3 is 14.8 Å². The molecule has 0 saturated carbocycles. The fourth-order valence-corrected chi connectivity index (χ4v) is 4.76. The molecule has 1 aliphatic heterocycles. The van der Waals surface area contributed by atoms with E-state index in [2.05, 4.69) is 17.4 Å². The molecule has 0 radical (unpaired) electrons. The van der Waals surface area contributed by atoms with Crippen molar-refractivity contribution in [3.05, 3.63) is 59.1 Å². The highest BCUT2D eigenvalue weighted by Gasteiger charge is 2.30. The summed E-state index contributed by atoms with van der Waals surface area (Å²) in [4.78, 5) is 27.5. The molecule has 3 aromatic rings. The van der Waals surface area contributed by atoms with E-state index in [4.69, 9.17) is 0 Å². The fourth-order valence-electron chi connectivity index (χ4n) is 3.91. The molecule has 1 saturated heterocycles. The van der Waals surface area contributed by atoms with Crippen molar-refractivity contribution < 1.29 is 9.59 Å². The third-order valence-corrected chi connectivity index (χ3v) is 6.37. The van der Waals surface area contributed by atoms with E-state index in [0.29, 0.717) is 25.3 Å². The Labute approximate surface area is 169 Å². The van der Waals surface area contributed by atoms with Crippen LogP contribution in [0, 0.1) is 5.92 Å². The van der Waals surface area contributed by atoms with Crippen LogP contribution in [0.4, 0.5) is 0 Å². The quantitative estimate of drug-likeness (QED) is 0.719. The molecule has 1 aliphatic rings. The molecule has 1 N–H and O–H groups in total. The molecule has 1 unspecified atom stereocenters. The van der Waals surface area contributed by atoms with Gasteiger partial charge in [-0.2, -0.15) is 0 Å². The van der Waals surface area contributed by atoms with Crippen molar-refractivity contribution in [1.82, 2.24) is 14.8 Å². The minimum absolute atomic E-state index is 0.0210. The second-order valence-electron chi connectivity index (χ2n) is 7.38. The number of rotatable bonds is 5. The molecule has 1 atom stereocenters. The van der Waals surface area contributed by atoms with Gasteiger partial charge in [0, 0.05) is 26.7 Å². The Bertz CT molecular complexity index is 976. The van der Waals surface area contributed by atoms with E-state index in [1.807, 2.05) is 52.2 Å². The first kappa shape index (κ1) is 18.7. The molecule has 146 valence electrons. The zero-order valence-corrected chi connectivity index (χ0v) is 16.9. The number of amides is 2. The maximum atomic E-state index is 13.0. The number of nitrogens with zero attached hydrogens (tertiary/aromatic N) is 2. The van der Waals surface area contributed by atoms with Crippen molar-refractivity contribution in [2.75, 3.05) is 19.6 Å². The number of fused-ring (bicyclic) bond motifs is 1. The number of likely N-dealkylation sites (tertiary alicyclic amines) is 1. The summed E-state index contributed by atoms with van der Waals surface area (Å²) in [5.41, 5.74) is 3.00. The maximum absolute atomic E-state index is 13.0. The number of aryl methyl sites for hydroxylation is 1. The number of nitrogens with one attached hydrogen (secondary N) is 1. The van der Waals surface area contributed by atoms with Gasteiger partial charge in [0.2, 0.25) is 5.91 Å². The van der Waals surface area contributed by atoms with Gasteiger partial charge >= 0.3 is 0 Å². The molecule has 4 rings (SSSR count). The summed E-state index contributed by atoms with van der Waals surface area (Å²) in [5.74, 6) is -0.0520. The van der Waals surface area contributed by atoms with Gasteiger partial charge in [-0.05, 0) is 42.3 Å². The Kier molecular flexibility index (Phi) is 5.48. The highest BCUT2D eigenvalue weighted by atomic mass is 32.1. The smallest absolute Gasteiger partial charge is 0.270 e. The Morgan fingerprint density at radius 2 is 2.04 bits per heavy atom. The molecule has 5 nitrogen and oxygen atoms in total.